The Bertz CT molecular complexity index is 1510. The summed E-state index contributed by atoms with van der Waals surface area (Å²) >= 11 is 0.854. The second-order valence-corrected chi connectivity index (χ2v) is 10.4. The molecule has 0 fully saturated rings. The maximum atomic E-state index is 14.0. The highest BCUT2D eigenvalue weighted by Gasteiger charge is 2.35. The molecule has 0 atom stereocenters. The van der Waals surface area contributed by atoms with Gasteiger partial charge in [0.1, 0.15) is 5.58 Å². The zero-order chi connectivity index (χ0) is 23.2. The molecular weight excluding hydrogens is 446 g/mol. The van der Waals surface area contributed by atoms with Crippen molar-refractivity contribution in [1.29, 1.82) is 0 Å². The lowest BCUT2D eigenvalue weighted by molar-refractivity contribution is 0.100. The number of fused-ring (bicyclic) bond motifs is 1. The van der Waals surface area contributed by atoms with Gasteiger partial charge in [0.05, 0.1) is 15.3 Å². The Morgan fingerprint density at radius 3 is 2.22 bits per heavy atom. The first kappa shape index (κ1) is 22.0. The Balaban J connectivity index is 2.00. The maximum Gasteiger partial charge on any atom is 0.396 e. The van der Waals surface area contributed by atoms with Gasteiger partial charge in [-0.05, 0) is 68.7 Å². The molecule has 164 valence electrons. The maximum absolute atomic E-state index is 14.0. The van der Waals surface area contributed by atoms with Gasteiger partial charge in [0.2, 0.25) is 0 Å². The van der Waals surface area contributed by atoms with Crippen LogP contribution >= 0.6 is 11.3 Å². The molecule has 1 amide bonds. The molecule has 0 N–H and O–H groups in total. The molecule has 32 heavy (non-hydrogen) atoms. The standard InChI is InChI=1S/C24H21NO5S2/c1-14-11-16(3)22(17(4)12-14)32(28,29)25(23(26)19-8-6-5-7-15(19)2)18-9-10-20-21(13-18)31-24(27)30-20/h5-13H,1-4H3. The second kappa shape index (κ2) is 8.03. The highest BCUT2D eigenvalue weighted by molar-refractivity contribution is 7.93. The number of nitrogens with zero attached hydrogens (tertiary/aromatic N) is 1. The van der Waals surface area contributed by atoms with Gasteiger partial charge in [-0.1, -0.05) is 47.2 Å². The van der Waals surface area contributed by atoms with Gasteiger partial charge in [0, 0.05) is 5.56 Å². The van der Waals surface area contributed by atoms with Crippen LogP contribution in [0.2, 0.25) is 0 Å². The van der Waals surface area contributed by atoms with E-state index >= 15 is 0 Å². The Labute approximate surface area is 189 Å². The van der Waals surface area contributed by atoms with Crippen LogP contribution in [0.15, 0.2) is 68.7 Å². The topological polar surface area (TPSA) is 84.7 Å². The average Bonchev–Trinajstić information content (AvgIpc) is 3.06. The molecule has 8 heteroatoms. The molecule has 3 aromatic carbocycles. The van der Waals surface area contributed by atoms with E-state index in [9.17, 15) is 18.0 Å². The number of rotatable bonds is 4. The molecular formula is C24H21NO5S2. The van der Waals surface area contributed by atoms with Gasteiger partial charge in [-0.3, -0.25) is 4.79 Å². The second-order valence-electron chi connectivity index (χ2n) is 7.70. The molecule has 0 saturated heterocycles. The molecule has 0 aliphatic rings. The van der Waals surface area contributed by atoms with Crippen LogP contribution in [0.1, 0.15) is 32.6 Å². The Morgan fingerprint density at radius 2 is 1.56 bits per heavy atom. The molecule has 4 aromatic rings. The van der Waals surface area contributed by atoms with Crippen molar-refractivity contribution >= 4 is 43.2 Å². The number of sulfonamides is 1. The van der Waals surface area contributed by atoms with E-state index in [1.807, 2.05) is 6.92 Å². The zero-order valence-electron chi connectivity index (χ0n) is 18.0. The molecule has 4 rings (SSSR count). The zero-order valence-corrected chi connectivity index (χ0v) is 19.6. The van der Waals surface area contributed by atoms with Crippen molar-refractivity contribution in [3.05, 3.63) is 92.1 Å². The van der Waals surface area contributed by atoms with E-state index in [-0.39, 0.29) is 16.1 Å². The van der Waals surface area contributed by atoms with Gasteiger partial charge in [0.25, 0.3) is 15.9 Å². The van der Waals surface area contributed by atoms with Crippen LogP contribution in [0.5, 0.6) is 0 Å². The van der Waals surface area contributed by atoms with Crippen molar-refractivity contribution in [2.75, 3.05) is 4.31 Å². The fourth-order valence-corrected chi connectivity index (χ4v) is 6.46. The summed E-state index contributed by atoms with van der Waals surface area (Å²) in [4.78, 5) is 24.9. The average molecular weight is 468 g/mol. The van der Waals surface area contributed by atoms with E-state index in [0.29, 0.717) is 27.0 Å². The molecule has 0 unspecified atom stereocenters. The summed E-state index contributed by atoms with van der Waals surface area (Å²) in [5.74, 6) is -0.669. The lowest BCUT2D eigenvalue weighted by Crippen LogP contribution is -2.38. The number of carbonyl (C=O) groups is 1. The Hall–Kier alpha value is -3.23. The minimum Gasteiger partial charge on any atom is -0.414 e. The number of hydrogen-bond acceptors (Lipinski definition) is 6. The molecule has 6 nitrogen and oxygen atoms in total. The van der Waals surface area contributed by atoms with E-state index in [2.05, 4.69) is 0 Å². The fourth-order valence-electron chi connectivity index (χ4n) is 3.94. The minimum atomic E-state index is -4.28. The van der Waals surface area contributed by atoms with Crippen molar-refractivity contribution in [3.63, 3.8) is 0 Å². The minimum absolute atomic E-state index is 0.0884. The van der Waals surface area contributed by atoms with Gasteiger partial charge in [-0.25, -0.2) is 13.2 Å². The number of benzene rings is 3. The number of hydrogen-bond donors (Lipinski definition) is 0. The lowest BCUT2D eigenvalue weighted by Gasteiger charge is -2.25. The van der Waals surface area contributed by atoms with E-state index in [1.54, 1.807) is 57.2 Å². The summed E-state index contributed by atoms with van der Waals surface area (Å²) in [5, 5.41) is 0. The first-order valence-corrected chi connectivity index (χ1v) is 12.1. The molecule has 0 saturated carbocycles. The fraction of sp³-hybridized carbons (Fsp3) is 0.167. The van der Waals surface area contributed by atoms with Gasteiger partial charge in [-0.2, -0.15) is 4.31 Å². The van der Waals surface area contributed by atoms with Crippen molar-refractivity contribution < 1.29 is 17.6 Å². The van der Waals surface area contributed by atoms with Crippen LogP contribution in [0.25, 0.3) is 10.3 Å². The van der Waals surface area contributed by atoms with Gasteiger partial charge in [-0.15, -0.1) is 0 Å². The van der Waals surface area contributed by atoms with Gasteiger partial charge < -0.3 is 4.42 Å². The molecule has 1 heterocycles. The van der Waals surface area contributed by atoms with E-state index in [1.165, 1.54) is 18.2 Å². The van der Waals surface area contributed by atoms with Crippen LogP contribution < -0.4 is 9.24 Å². The summed E-state index contributed by atoms with van der Waals surface area (Å²) in [7, 11) is -4.28. The molecule has 0 bridgehead atoms. The third-order valence-electron chi connectivity index (χ3n) is 5.21. The lowest BCUT2D eigenvalue weighted by atomic mass is 10.1. The highest BCUT2D eigenvalue weighted by atomic mass is 32.2. The SMILES string of the molecule is Cc1cc(C)c(S(=O)(=O)N(C(=O)c2ccccc2C)c2ccc3oc(=O)sc3c2)c(C)c1. The number of aryl methyl sites for hydroxylation is 4. The molecule has 1 aromatic heterocycles. The summed E-state index contributed by atoms with van der Waals surface area (Å²) in [6, 6.07) is 14.9. The van der Waals surface area contributed by atoms with Gasteiger partial charge in [0.15, 0.2) is 0 Å². The number of anilines is 1. The Morgan fingerprint density at radius 1 is 0.906 bits per heavy atom. The third kappa shape index (κ3) is 3.76. The smallest absolute Gasteiger partial charge is 0.396 e. The van der Waals surface area contributed by atoms with E-state index < -0.39 is 20.9 Å². The quantitative estimate of drug-likeness (QED) is 0.416. The van der Waals surface area contributed by atoms with Crippen molar-refractivity contribution in [2.24, 2.45) is 0 Å². The number of amides is 1. The summed E-state index contributed by atoms with van der Waals surface area (Å²) in [5.41, 5.74) is 3.45. The summed E-state index contributed by atoms with van der Waals surface area (Å²) in [6.07, 6.45) is 0. The molecule has 0 aliphatic carbocycles. The van der Waals surface area contributed by atoms with Crippen LogP contribution in [0.3, 0.4) is 0 Å². The van der Waals surface area contributed by atoms with E-state index in [4.69, 9.17) is 4.42 Å². The number of carbonyl (C=O) groups excluding carboxylic acids is 1. The third-order valence-corrected chi connectivity index (χ3v) is 8.02. The first-order chi connectivity index (χ1) is 15.1. The van der Waals surface area contributed by atoms with Crippen LogP contribution in [0.4, 0.5) is 5.69 Å². The molecule has 0 aliphatic heterocycles. The molecule has 0 radical (unpaired) electrons. The summed E-state index contributed by atoms with van der Waals surface area (Å²) in [6.45, 7) is 7.08. The predicted molar refractivity (Wildman–Crippen MR) is 126 cm³/mol. The normalized spacial score (nSPS) is 11.6. The first-order valence-electron chi connectivity index (χ1n) is 9.86. The van der Waals surface area contributed by atoms with E-state index in [0.717, 1.165) is 21.2 Å². The van der Waals surface area contributed by atoms with Gasteiger partial charge >= 0.3 is 4.94 Å². The van der Waals surface area contributed by atoms with Crippen LogP contribution in [0, 0.1) is 27.7 Å². The molecule has 0 spiro atoms. The van der Waals surface area contributed by atoms with Crippen molar-refractivity contribution in [2.45, 2.75) is 32.6 Å². The Kier molecular flexibility index (Phi) is 5.52. The predicted octanol–water partition coefficient (Wildman–Crippen LogP) is 5.12. The van der Waals surface area contributed by atoms with Crippen molar-refractivity contribution in [3.8, 4) is 0 Å². The highest BCUT2D eigenvalue weighted by Crippen LogP contribution is 2.33. The van der Waals surface area contributed by atoms with Crippen molar-refractivity contribution in [1.82, 2.24) is 0 Å². The summed E-state index contributed by atoms with van der Waals surface area (Å²) < 4.78 is 34.3. The van der Waals surface area contributed by atoms with Crippen LogP contribution in [-0.4, -0.2) is 14.3 Å². The largest absolute Gasteiger partial charge is 0.414 e. The monoisotopic (exact) mass is 467 g/mol. The van der Waals surface area contributed by atoms with Crippen LogP contribution in [-0.2, 0) is 10.0 Å².